The third kappa shape index (κ3) is 4.14. The Balaban J connectivity index is 3.32. The molecule has 6 nitrogen and oxygen atoms in total. The molecule has 2 N–H and O–H groups in total. The number of sulfonamides is 1. The number of hydrogen-bond acceptors (Lipinski definition) is 5. The number of carbonyl (C=O) groups is 1. The monoisotopic (exact) mass is 382 g/mol. The SMILES string of the molecule is CCCN(CC(=O)OC)S(=O)(=O)c1cc(N)cc(Br)c1F. The smallest absolute Gasteiger partial charge is 0.321 e. The van der Waals surface area contributed by atoms with Crippen LogP contribution in [-0.2, 0) is 19.6 Å². The highest BCUT2D eigenvalue weighted by molar-refractivity contribution is 9.10. The second-order valence-corrected chi connectivity index (χ2v) is 6.99. The molecule has 118 valence electrons. The average molecular weight is 383 g/mol. The molecule has 0 aliphatic rings. The zero-order valence-electron chi connectivity index (χ0n) is 11.6. The number of nitrogen functional groups attached to an aromatic ring is 1. The van der Waals surface area contributed by atoms with Crippen molar-refractivity contribution in [3.8, 4) is 0 Å². The second-order valence-electron chi connectivity index (χ2n) is 4.23. The van der Waals surface area contributed by atoms with E-state index in [-0.39, 0.29) is 16.7 Å². The van der Waals surface area contributed by atoms with Gasteiger partial charge in [0.15, 0.2) is 5.82 Å². The molecule has 0 bridgehead atoms. The van der Waals surface area contributed by atoms with Gasteiger partial charge in [0.05, 0.1) is 11.6 Å². The Bertz CT molecular complexity index is 636. The summed E-state index contributed by atoms with van der Waals surface area (Å²) in [6, 6.07) is 2.29. The van der Waals surface area contributed by atoms with Gasteiger partial charge in [-0.3, -0.25) is 4.79 Å². The van der Waals surface area contributed by atoms with E-state index >= 15 is 0 Å². The first-order valence-electron chi connectivity index (χ1n) is 6.05. The Labute approximate surface area is 131 Å². The van der Waals surface area contributed by atoms with Gasteiger partial charge in [-0.25, -0.2) is 12.8 Å². The molecule has 0 unspecified atom stereocenters. The Morgan fingerprint density at radius 2 is 2.10 bits per heavy atom. The van der Waals surface area contributed by atoms with E-state index in [0.29, 0.717) is 6.42 Å². The van der Waals surface area contributed by atoms with Gasteiger partial charge in [0.1, 0.15) is 11.4 Å². The number of halogens is 2. The minimum Gasteiger partial charge on any atom is -0.468 e. The molecule has 0 saturated heterocycles. The molecule has 0 aliphatic heterocycles. The van der Waals surface area contributed by atoms with Gasteiger partial charge >= 0.3 is 5.97 Å². The van der Waals surface area contributed by atoms with Gasteiger partial charge in [-0.1, -0.05) is 6.92 Å². The summed E-state index contributed by atoms with van der Waals surface area (Å²) in [6.45, 7) is 1.31. The average Bonchev–Trinajstić information content (AvgIpc) is 2.41. The van der Waals surface area contributed by atoms with Crippen LogP contribution >= 0.6 is 15.9 Å². The van der Waals surface area contributed by atoms with Gasteiger partial charge in [0, 0.05) is 12.2 Å². The standard InChI is InChI=1S/C12H16BrFN2O4S/c1-3-4-16(7-11(17)20-2)21(18,19)10-6-8(15)5-9(13)12(10)14/h5-6H,3-4,7,15H2,1-2H3. The minimum atomic E-state index is -4.20. The van der Waals surface area contributed by atoms with Crippen LogP contribution in [0.4, 0.5) is 10.1 Å². The molecule has 0 heterocycles. The number of carbonyl (C=O) groups excluding carboxylic acids is 1. The third-order valence-corrected chi connectivity index (χ3v) is 5.06. The fourth-order valence-electron chi connectivity index (χ4n) is 1.65. The van der Waals surface area contributed by atoms with E-state index in [2.05, 4.69) is 20.7 Å². The maximum Gasteiger partial charge on any atom is 0.321 e. The van der Waals surface area contributed by atoms with E-state index in [0.717, 1.165) is 17.5 Å². The highest BCUT2D eigenvalue weighted by Gasteiger charge is 2.30. The summed E-state index contributed by atoms with van der Waals surface area (Å²) in [5, 5.41) is 0. The lowest BCUT2D eigenvalue weighted by Gasteiger charge is -2.21. The summed E-state index contributed by atoms with van der Waals surface area (Å²) in [7, 11) is -3.05. The maximum atomic E-state index is 14.1. The van der Waals surface area contributed by atoms with Crippen LogP contribution in [0.5, 0.6) is 0 Å². The number of hydrogen-bond donors (Lipinski definition) is 1. The van der Waals surface area contributed by atoms with Crippen molar-refractivity contribution in [1.29, 1.82) is 0 Å². The number of anilines is 1. The van der Waals surface area contributed by atoms with Crippen LogP contribution in [0, 0.1) is 5.82 Å². The number of benzene rings is 1. The molecule has 1 aromatic carbocycles. The highest BCUT2D eigenvalue weighted by Crippen LogP contribution is 2.28. The summed E-state index contributed by atoms with van der Waals surface area (Å²) in [4.78, 5) is 10.8. The van der Waals surface area contributed by atoms with E-state index in [4.69, 9.17) is 5.73 Å². The number of ether oxygens (including phenoxy) is 1. The molecular weight excluding hydrogens is 367 g/mol. The first-order chi connectivity index (χ1) is 9.73. The van der Waals surface area contributed by atoms with Crippen molar-refractivity contribution in [1.82, 2.24) is 4.31 Å². The van der Waals surface area contributed by atoms with Gasteiger partial charge < -0.3 is 10.5 Å². The van der Waals surface area contributed by atoms with Gasteiger partial charge in [0.25, 0.3) is 0 Å². The fraction of sp³-hybridized carbons (Fsp3) is 0.417. The molecule has 1 rings (SSSR count). The van der Waals surface area contributed by atoms with Crippen LogP contribution in [-0.4, -0.2) is 38.9 Å². The largest absolute Gasteiger partial charge is 0.468 e. The van der Waals surface area contributed by atoms with Gasteiger partial charge in [-0.15, -0.1) is 0 Å². The number of methoxy groups -OCH3 is 1. The summed E-state index contributed by atoms with van der Waals surface area (Å²) in [6.07, 6.45) is 0.460. The summed E-state index contributed by atoms with van der Waals surface area (Å²) in [5.74, 6) is -1.68. The Morgan fingerprint density at radius 1 is 1.48 bits per heavy atom. The lowest BCUT2D eigenvalue weighted by Crippen LogP contribution is -2.37. The predicted molar refractivity (Wildman–Crippen MR) is 79.6 cm³/mol. The van der Waals surface area contributed by atoms with Gasteiger partial charge in [0.2, 0.25) is 10.0 Å². The Hall–Kier alpha value is -1.19. The fourth-order valence-corrected chi connectivity index (χ4v) is 3.86. The van der Waals surface area contributed by atoms with E-state index in [1.54, 1.807) is 6.92 Å². The molecule has 1 aromatic rings. The lowest BCUT2D eigenvalue weighted by molar-refractivity contribution is -0.140. The van der Waals surface area contributed by atoms with Crippen molar-refractivity contribution < 1.29 is 22.3 Å². The number of nitrogens with two attached hydrogens (primary N) is 1. The first kappa shape index (κ1) is 17.9. The lowest BCUT2D eigenvalue weighted by atomic mass is 10.3. The molecule has 0 spiro atoms. The molecule has 9 heteroatoms. The molecule has 21 heavy (non-hydrogen) atoms. The van der Waals surface area contributed by atoms with Crippen LogP contribution in [0.1, 0.15) is 13.3 Å². The summed E-state index contributed by atoms with van der Waals surface area (Å²) < 4.78 is 44.3. The predicted octanol–water partition coefficient (Wildman–Crippen LogP) is 1.74. The second kappa shape index (κ2) is 7.19. The zero-order chi connectivity index (χ0) is 16.2. The molecule has 0 atom stereocenters. The van der Waals surface area contributed by atoms with Crippen LogP contribution in [0.15, 0.2) is 21.5 Å². The van der Waals surface area contributed by atoms with Crippen LogP contribution in [0.25, 0.3) is 0 Å². The van der Waals surface area contributed by atoms with Crippen molar-refractivity contribution in [2.75, 3.05) is 25.9 Å². The Kier molecular flexibility index (Phi) is 6.11. The van der Waals surface area contributed by atoms with E-state index < -0.39 is 33.3 Å². The summed E-state index contributed by atoms with van der Waals surface area (Å²) in [5.41, 5.74) is 5.65. The first-order valence-corrected chi connectivity index (χ1v) is 8.28. The van der Waals surface area contributed by atoms with Crippen molar-refractivity contribution in [2.45, 2.75) is 18.2 Å². The van der Waals surface area contributed by atoms with Crippen molar-refractivity contribution in [3.63, 3.8) is 0 Å². The van der Waals surface area contributed by atoms with Crippen LogP contribution < -0.4 is 5.73 Å². The summed E-state index contributed by atoms with van der Waals surface area (Å²) >= 11 is 2.91. The van der Waals surface area contributed by atoms with E-state index in [1.807, 2.05) is 0 Å². The molecule has 0 saturated carbocycles. The maximum absolute atomic E-state index is 14.1. The molecule has 0 fully saturated rings. The Morgan fingerprint density at radius 3 is 2.62 bits per heavy atom. The van der Waals surface area contributed by atoms with Gasteiger partial charge in [-0.2, -0.15) is 4.31 Å². The zero-order valence-corrected chi connectivity index (χ0v) is 14.0. The van der Waals surface area contributed by atoms with E-state index in [1.165, 1.54) is 6.07 Å². The molecular formula is C12H16BrFN2O4S. The van der Waals surface area contributed by atoms with Crippen molar-refractivity contribution in [3.05, 3.63) is 22.4 Å². The molecule has 0 aliphatic carbocycles. The van der Waals surface area contributed by atoms with Crippen molar-refractivity contribution in [2.24, 2.45) is 0 Å². The van der Waals surface area contributed by atoms with Crippen LogP contribution in [0.3, 0.4) is 0 Å². The number of rotatable bonds is 6. The number of esters is 1. The highest BCUT2D eigenvalue weighted by atomic mass is 79.9. The van der Waals surface area contributed by atoms with Crippen LogP contribution in [0.2, 0.25) is 0 Å². The quantitative estimate of drug-likeness (QED) is 0.597. The van der Waals surface area contributed by atoms with E-state index in [9.17, 15) is 17.6 Å². The molecule has 0 aromatic heterocycles. The third-order valence-electron chi connectivity index (χ3n) is 2.64. The normalized spacial score (nSPS) is 11.7. The van der Waals surface area contributed by atoms with Crippen molar-refractivity contribution >= 4 is 37.6 Å². The molecule has 0 radical (unpaired) electrons. The number of nitrogens with zero attached hydrogens (tertiary/aromatic N) is 1. The minimum absolute atomic E-state index is 0.0588. The van der Waals surface area contributed by atoms with Gasteiger partial charge in [-0.05, 0) is 34.5 Å². The molecule has 0 amide bonds. The topological polar surface area (TPSA) is 89.7 Å².